The molecule has 0 aliphatic carbocycles. The van der Waals surface area contributed by atoms with Crippen molar-refractivity contribution in [1.29, 1.82) is 0 Å². The molecule has 0 amide bonds. The Balaban J connectivity index is 0.00000182. The van der Waals surface area contributed by atoms with Crippen LogP contribution in [0, 0.1) is 5.82 Å². The lowest BCUT2D eigenvalue weighted by atomic mass is 10.1. The van der Waals surface area contributed by atoms with Crippen molar-refractivity contribution >= 4 is 24.8 Å². The van der Waals surface area contributed by atoms with E-state index in [2.05, 4.69) is 22.0 Å². The summed E-state index contributed by atoms with van der Waals surface area (Å²) in [4.78, 5) is 6.54. The zero-order chi connectivity index (χ0) is 17.5. The fourth-order valence-electron chi connectivity index (χ4n) is 2.73. The zero-order valence-corrected chi connectivity index (χ0v) is 16.5. The highest BCUT2D eigenvalue weighted by atomic mass is 35.5. The van der Waals surface area contributed by atoms with Gasteiger partial charge in [0.15, 0.2) is 5.76 Å². The SMILES string of the molecule is Cl.Cl.NCCN(CCc1ccccc1)Cc1ncc(-c2cccc(F)c2)o1. The maximum Gasteiger partial charge on any atom is 0.209 e. The predicted molar refractivity (Wildman–Crippen MR) is 111 cm³/mol. The van der Waals surface area contributed by atoms with Gasteiger partial charge in [0.05, 0.1) is 12.7 Å². The second-order valence-corrected chi connectivity index (χ2v) is 5.93. The summed E-state index contributed by atoms with van der Waals surface area (Å²) in [5.74, 6) is 0.897. The molecule has 0 fully saturated rings. The van der Waals surface area contributed by atoms with Gasteiger partial charge in [-0.05, 0) is 24.1 Å². The van der Waals surface area contributed by atoms with Crippen molar-refractivity contribution < 1.29 is 8.81 Å². The van der Waals surface area contributed by atoms with Crippen LogP contribution in [0.4, 0.5) is 4.39 Å². The number of nitrogens with zero attached hydrogens (tertiary/aromatic N) is 2. The molecule has 0 radical (unpaired) electrons. The Hall–Kier alpha value is -1.92. The monoisotopic (exact) mass is 411 g/mol. The Kier molecular flexibility index (Phi) is 10.0. The second-order valence-electron chi connectivity index (χ2n) is 5.93. The van der Waals surface area contributed by atoms with Crippen molar-refractivity contribution in [2.75, 3.05) is 19.6 Å². The van der Waals surface area contributed by atoms with Crippen LogP contribution in [0.15, 0.2) is 65.2 Å². The first kappa shape index (κ1) is 23.1. The minimum Gasteiger partial charge on any atom is -0.439 e. The van der Waals surface area contributed by atoms with E-state index in [1.54, 1.807) is 18.3 Å². The van der Waals surface area contributed by atoms with E-state index in [0.29, 0.717) is 30.3 Å². The van der Waals surface area contributed by atoms with Crippen molar-refractivity contribution in [1.82, 2.24) is 9.88 Å². The van der Waals surface area contributed by atoms with Gasteiger partial charge in [0.25, 0.3) is 0 Å². The lowest BCUT2D eigenvalue weighted by Gasteiger charge is -2.19. The highest BCUT2D eigenvalue weighted by molar-refractivity contribution is 5.85. The molecule has 0 unspecified atom stereocenters. The van der Waals surface area contributed by atoms with Gasteiger partial charge in [-0.25, -0.2) is 9.37 Å². The van der Waals surface area contributed by atoms with Gasteiger partial charge in [0, 0.05) is 25.2 Å². The van der Waals surface area contributed by atoms with E-state index >= 15 is 0 Å². The average Bonchev–Trinajstić information content (AvgIpc) is 3.09. The summed E-state index contributed by atoms with van der Waals surface area (Å²) in [5, 5.41) is 0. The summed E-state index contributed by atoms with van der Waals surface area (Å²) in [6, 6.07) is 16.7. The van der Waals surface area contributed by atoms with Gasteiger partial charge < -0.3 is 10.2 Å². The topological polar surface area (TPSA) is 55.3 Å². The number of rotatable bonds is 8. The standard InChI is InChI=1S/C20H22FN3O.2ClH/c21-18-8-4-7-17(13-18)19-14-23-20(25-19)15-24(12-10-22)11-9-16-5-2-1-3-6-16;;/h1-8,13-14H,9-12,15,22H2;2*1H. The molecule has 0 saturated carbocycles. The molecule has 0 spiro atoms. The van der Waals surface area contributed by atoms with Crippen LogP contribution in [0.1, 0.15) is 11.5 Å². The van der Waals surface area contributed by atoms with Crippen LogP contribution in [0.25, 0.3) is 11.3 Å². The van der Waals surface area contributed by atoms with Crippen LogP contribution in [-0.2, 0) is 13.0 Å². The summed E-state index contributed by atoms with van der Waals surface area (Å²) in [6.45, 7) is 2.80. The van der Waals surface area contributed by atoms with Crippen LogP contribution in [-0.4, -0.2) is 29.5 Å². The number of aromatic nitrogens is 1. The molecule has 27 heavy (non-hydrogen) atoms. The number of hydrogen-bond acceptors (Lipinski definition) is 4. The van der Waals surface area contributed by atoms with E-state index < -0.39 is 0 Å². The molecule has 3 aromatic rings. The molecule has 0 saturated heterocycles. The van der Waals surface area contributed by atoms with E-state index in [0.717, 1.165) is 19.5 Å². The molecule has 0 bridgehead atoms. The van der Waals surface area contributed by atoms with Crippen LogP contribution in [0.2, 0.25) is 0 Å². The van der Waals surface area contributed by atoms with Gasteiger partial charge in [-0.1, -0.05) is 42.5 Å². The zero-order valence-electron chi connectivity index (χ0n) is 14.9. The molecule has 146 valence electrons. The van der Waals surface area contributed by atoms with Crippen molar-refractivity contribution in [3.8, 4) is 11.3 Å². The molecule has 0 aliphatic heterocycles. The summed E-state index contributed by atoms with van der Waals surface area (Å²) in [5.41, 5.74) is 7.71. The first-order chi connectivity index (χ1) is 12.2. The smallest absolute Gasteiger partial charge is 0.209 e. The third kappa shape index (κ3) is 6.96. The molecule has 3 rings (SSSR count). The van der Waals surface area contributed by atoms with Crippen LogP contribution in [0.5, 0.6) is 0 Å². The van der Waals surface area contributed by atoms with E-state index in [1.807, 2.05) is 18.2 Å². The summed E-state index contributed by atoms with van der Waals surface area (Å²) < 4.78 is 19.1. The van der Waals surface area contributed by atoms with E-state index in [1.165, 1.54) is 17.7 Å². The number of halogens is 3. The Morgan fingerprint density at radius 1 is 1.00 bits per heavy atom. The number of oxazole rings is 1. The van der Waals surface area contributed by atoms with Crippen LogP contribution in [0.3, 0.4) is 0 Å². The maximum absolute atomic E-state index is 13.3. The van der Waals surface area contributed by atoms with Gasteiger partial charge >= 0.3 is 0 Å². The van der Waals surface area contributed by atoms with Gasteiger partial charge in [-0.15, -0.1) is 24.8 Å². The number of nitrogens with two attached hydrogens (primary N) is 1. The van der Waals surface area contributed by atoms with Crippen LogP contribution < -0.4 is 5.73 Å². The normalized spacial score (nSPS) is 10.3. The number of hydrogen-bond donors (Lipinski definition) is 1. The molecular formula is C20H24Cl2FN3O. The Bertz CT molecular complexity index is 799. The molecule has 0 aliphatic rings. The molecule has 2 aromatic carbocycles. The van der Waals surface area contributed by atoms with E-state index in [-0.39, 0.29) is 30.6 Å². The quantitative estimate of drug-likeness (QED) is 0.599. The first-order valence-electron chi connectivity index (χ1n) is 8.41. The molecular weight excluding hydrogens is 388 g/mol. The molecule has 1 aromatic heterocycles. The number of benzene rings is 2. The Morgan fingerprint density at radius 3 is 2.48 bits per heavy atom. The Labute approximate surface area is 171 Å². The van der Waals surface area contributed by atoms with Gasteiger partial charge in [0.1, 0.15) is 5.82 Å². The largest absolute Gasteiger partial charge is 0.439 e. The summed E-state index contributed by atoms with van der Waals surface area (Å²) >= 11 is 0. The van der Waals surface area contributed by atoms with E-state index in [9.17, 15) is 4.39 Å². The maximum atomic E-state index is 13.3. The fraction of sp³-hybridized carbons (Fsp3) is 0.250. The molecule has 0 atom stereocenters. The van der Waals surface area contributed by atoms with Gasteiger partial charge in [0.2, 0.25) is 5.89 Å². The lowest BCUT2D eigenvalue weighted by Crippen LogP contribution is -2.31. The van der Waals surface area contributed by atoms with Crippen molar-refractivity contribution in [3.63, 3.8) is 0 Å². The Morgan fingerprint density at radius 2 is 1.78 bits per heavy atom. The molecule has 4 nitrogen and oxygen atoms in total. The van der Waals surface area contributed by atoms with Crippen molar-refractivity contribution in [3.05, 3.63) is 78.1 Å². The third-order valence-corrected chi connectivity index (χ3v) is 4.03. The van der Waals surface area contributed by atoms with E-state index in [4.69, 9.17) is 10.2 Å². The highest BCUT2D eigenvalue weighted by Gasteiger charge is 2.12. The second kappa shape index (κ2) is 11.7. The molecule has 1 heterocycles. The van der Waals surface area contributed by atoms with Gasteiger partial charge in [-0.2, -0.15) is 0 Å². The van der Waals surface area contributed by atoms with Crippen LogP contribution >= 0.6 is 24.8 Å². The predicted octanol–water partition coefficient (Wildman–Crippen LogP) is 4.33. The minimum absolute atomic E-state index is 0. The third-order valence-electron chi connectivity index (χ3n) is 4.03. The average molecular weight is 412 g/mol. The van der Waals surface area contributed by atoms with Gasteiger partial charge in [-0.3, -0.25) is 4.90 Å². The summed E-state index contributed by atoms with van der Waals surface area (Å²) in [6.07, 6.45) is 2.58. The first-order valence-corrected chi connectivity index (χ1v) is 8.41. The van der Waals surface area contributed by atoms with Crippen molar-refractivity contribution in [2.45, 2.75) is 13.0 Å². The lowest BCUT2D eigenvalue weighted by molar-refractivity contribution is 0.249. The van der Waals surface area contributed by atoms with Crippen molar-refractivity contribution in [2.24, 2.45) is 5.73 Å². The molecule has 2 N–H and O–H groups in total. The highest BCUT2D eigenvalue weighted by Crippen LogP contribution is 2.21. The molecule has 7 heteroatoms. The minimum atomic E-state index is -0.289. The summed E-state index contributed by atoms with van der Waals surface area (Å²) in [7, 11) is 0. The fourth-order valence-corrected chi connectivity index (χ4v) is 2.73.